The first kappa shape index (κ1) is 12.7. The molecule has 1 aliphatic carbocycles. The second-order valence-corrected chi connectivity index (χ2v) is 3.34. The Labute approximate surface area is 83.6 Å². The minimum absolute atomic E-state index is 0.0938. The molecule has 1 rings (SSSR count). The predicted octanol–water partition coefficient (Wildman–Crippen LogP) is 1.61. The van der Waals surface area contributed by atoms with Gasteiger partial charge in [-0.15, -0.1) is 0 Å². The number of methoxy groups -OCH3 is 1. The van der Waals surface area contributed by atoms with E-state index in [-0.39, 0.29) is 11.5 Å². The molecular formula is C10H16O4. The van der Waals surface area contributed by atoms with Crippen molar-refractivity contribution in [2.75, 3.05) is 7.11 Å². The van der Waals surface area contributed by atoms with Gasteiger partial charge in [0, 0.05) is 18.4 Å². The van der Waals surface area contributed by atoms with Gasteiger partial charge in [0.25, 0.3) is 6.47 Å². The number of aliphatic hydroxyl groups is 1. The van der Waals surface area contributed by atoms with Gasteiger partial charge in [-0.2, -0.15) is 0 Å². The van der Waals surface area contributed by atoms with E-state index in [9.17, 15) is 9.90 Å². The molecule has 1 atom stereocenters. The molecule has 1 N–H and O–H groups in total. The molecule has 0 heterocycles. The summed E-state index contributed by atoms with van der Waals surface area (Å²) in [6, 6.07) is 0. The maximum absolute atomic E-state index is 11.0. The summed E-state index contributed by atoms with van der Waals surface area (Å²) in [5, 5.41) is 9.18. The third-order valence-corrected chi connectivity index (χ3v) is 2.02. The lowest BCUT2D eigenvalue weighted by Gasteiger charge is -2.17. The van der Waals surface area contributed by atoms with Crippen LogP contribution in [0.1, 0.15) is 26.7 Å². The van der Waals surface area contributed by atoms with Crippen LogP contribution in [0.3, 0.4) is 0 Å². The molecular weight excluding hydrogens is 184 g/mol. The summed E-state index contributed by atoms with van der Waals surface area (Å²) in [6.45, 7) is 4.03. The second-order valence-electron chi connectivity index (χ2n) is 3.34. The lowest BCUT2D eigenvalue weighted by Crippen LogP contribution is -2.15. The molecule has 0 fully saturated rings. The summed E-state index contributed by atoms with van der Waals surface area (Å²) < 4.78 is 3.86. The summed E-state index contributed by atoms with van der Waals surface area (Å²) in [6.07, 6.45) is 1.26. The van der Waals surface area contributed by atoms with E-state index in [1.807, 2.05) is 6.92 Å². The summed E-state index contributed by atoms with van der Waals surface area (Å²) in [5.74, 6) is 0.691. The van der Waals surface area contributed by atoms with Crippen LogP contribution in [0.4, 0.5) is 0 Å². The van der Waals surface area contributed by atoms with E-state index in [1.54, 1.807) is 6.92 Å². The number of rotatable bonds is 1. The monoisotopic (exact) mass is 200 g/mol. The van der Waals surface area contributed by atoms with Gasteiger partial charge in [0.2, 0.25) is 0 Å². The van der Waals surface area contributed by atoms with Gasteiger partial charge in [-0.1, -0.05) is 6.92 Å². The highest BCUT2D eigenvalue weighted by Gasteiger charge is 2.21. The number of carbonyl (C=O) groups excluding carboxylic acids is 2. The van der Waals surface area contributed by atoms with Gasteiger partial charge in [-0.05, 0) is 12.8 Å². The Kier molecular flexibility index (Phi) is 5.60. The van der Waals surface area contributed by atoms with E-state index < -0.39 is 0 Å². The Morgan fingerprint density at radius 1 is 1.50 bits per heavy atom. The quantitative estimate of drug-likeness (QED) is 0.653. The Balaban J connectivity index is 0.000000364. The van der Waals surface area contributed by atoms with Crippen molar-refractivity contribution in [1.82, 2.24) is 0 Å². The number of ketones is 1. The smallest absolute Gasteiger partial charge is 0.292 e. The van der Waals surface area contributed by atoms with Gasteiger partial charge in [-0.3, -0.25) is 9.59 Å². The van der Waals surface area contributed by atoms with E-state index >= 15 is 0 Å². The molecule has 0 spiro atoms. The lowest BCUT2D eigenvalue weighted by molar-refractivity contribution is -0.126. The average Bonchev–Trinajstić information content (AvgIpc) is 2.14. The molecule has 0 bridgehead atoms. The van der Waals surface area contributed by atoms with Crippen molar-refractivity contribution in [3.63, 3.8) is 0 Å². The largest absolute Gasteiger partial charge is 0.512 e. The highest BCUT2D eigenvalue weighted by atomic mass is 16.5. The maximum Gasteiger partial charge on any atom is 0.292 e. The number of aliphatic hydroxyl groups excluding tert-OH is 1. The van der Waals surface area contributed by atoms with Crippen molar-refractivity contribution in [3.8, 4) is 0 Å². The first-order valence-electron chi connectivity index (χ1n) is 4.41. The van der Waals surface area contributed by atoms with Crippen LogP contribution in [0.15, 0.2) is 11.3 Å². The average molecular weight is 200 g/mol. The van der Waals surface area contributed by atoms with Crippen molar-refractivity contribution < 1.29 is 19.4 Å². The van der Waals surface area contributed by atoms with Gasteiger partial charge in [0.05, 0.1) is 12.9 Å². The molecule has 0 radical (unpaired) electrons. The Bertz CT molecular complexity index is 243. The highest BCUT2D eigenvalue weighted by molar-refractivity contribution is 5.96. The highest BCUT2D eigenvalue weighted by Crippen LogP contribution is 2.24. The fourth-order valence-electron chi connectivity index (χ4n) is 1.19. The topological polar surface area (TPSA) is 63.6 Å². The normalized spacial score (nSPS) is 21.1. The number of carbonyl (C=O) groups is 2. The summed E-state index contributed by atoms with van der Waals surface area (Å²) in [4.78, 5) is 19.9. The molecule has 80 valence electrons. The number of hydrogen-bond acceptors (Lipinski definition) is 4. The Morgan fingerprint density at radius 2 is 2.00 bits per heavy atom. The van der Waals surface area contributed by atoms with Crippen LogP contribution < -0.4 is 0 Å². The van der Waals surface area contributed by atoms with Gasteiger partial charge in [0.1, 0.15) is 0 Å². The molecule has 4 nitrogen and oxygen atoms in total. The first-order valence-corrected chi connectivity index (χ1v) is 4.41. The van der Waals surface area contributed by atoms with Crippen LogP contribution >= 0.6 is 0 Å². The molecule has 0 aliphatic heterocycles. The second kappa shape index (κ2) is 6.18. The van der Waals surface area contributed by atoms with Crippen molar-refractivity contribution in [2.24, 2.45) is 5.92 Å². The van der Waals surface area contributed by atoms with Crippen LogP contribution in [-0.4, -0.2) is 24.5 Å². The molecule has 0 saturated heterocycles. The fraction of sp³-hybridized carbons (Fsp3) is 0.600. The zero-order valence-corrected chi connectivity index (χ0v) is 8.74. The molecule has 4 heteroatoms. The Morgan fingerprint density at radius 3 is 2.36 bits per heavy atom. The summed E-state index contributed by atoms with van der Waals surface area (Å²) in [5.41, 5.74) is 0.554. The van der Waals surface area contributed by atoms with Crippen LogP contribution in [-0.2, 0) is 14.3 Å². The molecule has 0 saturated carbocycles. The van der Waals surface area contributed by atoms with Crippen LogP contribution in [0.5, 0.6) is 0 Å². The molecule has 0 aromatic heterocycles. The van der Waals surface area contributed by atoms with Crippen LogP contribution in [0.25, 0.3) is 0 Å². The zero-order chi connectivity index (χ0) is 11.1. The van der Waals surface area contributed by atoms with Crippen molar-refractivity contribution >= 4 is 12.3 Å². The maximum atomic E-state index is 11.0. The third-order valence-electron chi connectivity index (χ3n) is 2.02. The number of Topliss-reactive ketones (excluding diaryl/α,β-unsaturated/α-hetero) is 1. The fourth-order valence-corrected chi connectivity index (χ4v) is 1.19. The summed E-state index contributed by atoms with van der Waals surface area (Å²) in [7, 11) is 1.31. The zero-order valence-electron chi connectivity index (χ0n) is 8.74. The van der Waals surface area contributed by atoms with Crippen LogP contribution in [0, 0.1) is 5.92 Å². The molecule has 14 heavy (non-hydrogen) atoms. The predicted molar refractivity (Wildman–Crippen MR) is 51.8 cm³/mol. The van der Waals surface area contributed by atoms with Crippen molar-refractivity contribution in [1.29, 1.82) is 0 Å². The summed E-state index contributed by atoms with van der Waals surface area (Å²) >= 11 is 0. The SMILES string of the molecule is CC1=C(O)CC(C)CC1=O.COC=O. The minimum atomic E-state index is 0.0938. The molecule has 1 aliphatic rings. The molecule has 0 aromatic carbocycles. The number of allylic oxidation sites excluding steroid dienone is 2. The third kappa shape index (κ3) is 4.07. The lowest BCUT2D eigenvalue weighted by atomic mass is 9.89. The van der Waals surface area contributed by atoms with Gasteiger partial charge in [0.15, 0.2) is 5.78 Å². The van der Waals surface area contributed by atoms with E-state index in [4.69, 9.17) is 4.79 Å². The minimum Gasteiger partial charge on any atom is -0.512 e. The van der Waals surface area contributed by atoms with Crippen molar-refractivity contribution in [2.45, 2.75) is 26.7 Å². The van der Waals surface area contributed by atoms with E-state index in [2.05, 4.69) is 4.74 Å². The van der Waals surface area contributed by atoms with E-state index in [1.165, 1.54) is 7.11 Å². The molecule has 1 unspecified atom stereocenters. The number of ether oxygens (including phenoxy) is 1. The molecule has 0 amide bonds. The number of hydrogen-bond donors (Lipinski definition) is 1. The van der Waals surface area contributed by atoms with E-state index in [0.717, 1.165) is 0 Å². The standard InChI is InChI=1S/C8H12O2.C2H4O2/c1-5-3-7(9)6(2)8(10)4-5;1-4-2-3/h5,9H,3-4H2,1-2H3;2H,1H3. The van der Waals surface area contributed by atoms with Gasteiger partial charge < -0.3 is 9.84 Å². The first-order chi connectivity index (χ1) is 6.52. The molecule has 0 aromatic rings. The van der Waals surface area contributed by atoms with E-state index in [0.29, 0.717) is 30.8 Å². The van der Waals surface area contributed by atoms with Gasteiger partial charge in [-0.25, -0.2) is 0 Å². The van der Waals surface area contributed by atoms with Gasteiger partial charge >= 0.3 is 0 Å². The van der Waals surface area contributed by atoms with Crippen LogP contribution in [0.2, 0.25) is 0 Å². The Hall–Kier alpha value is -1.32. The van der Waals surface area contributed by atoms with Crippen molar-refractivity contribution in [3.05, 3.63) is 11.3 Å².